The number of rotatable bonds is 6. The second-order valence-electron chi connectivity index (χ2n) is 8.15. The van der Waals surface area contributed by atoms with Gasteiger partial charge >= 0.3 is 17.9 Å². The number of hydrogen-bond acceptors (Lipinski definition) is 8. The van der Waals surface area contributed by atoms with Crippen LogP contribution in [0.1, 0.15) is 27.0 Å². The Hall–Kier alpha value is -4.01. The smallest absolute Gasteiger partial charge is 0.343 e. The third-order valence-corrected chi connectivity index (χ3v) is 5.92. The van der Waals surface area contributed by atoms with Crippen LogP contribution in [0.2, 0.25) is 0 Å². The largest absolute Gasteiger partial charge is 0.441 e. The van der Waals surface area contributed by atoms with E-state index in [0.717, 1.165) is 0 Å². The van der Waals surface area contributed by atoms with Crippen molar-refractivity contribution in [3.8, 4) is 11.5 Å². The molecule has 0 radical (unpaired) electrons. The van der Waals surface area contributed by atoms with Crippen LogP contribution in [-0.2, 0) is 29.4 Å². The van der Waals surface area contributed by atoms with Gasteiger partial charge in [0, 0.05) is 16.7 Å². The van der Waals surface area contributed by atoms with Crippen LogP contribution in [-0.4, -0.2) is 43.3 Å². The molecular formula is C26H18O8. The van der Waals surface area contributed by atoms with Crippen molar-refractivity contribution in [1.82, 2.24) is 0 Å². The van der Waals surface area contributed by atoms with Crippen LogP contribution < -0.4 is 9.47 Å². The quantitative estimate of drug-likeness (QED) is 0.316. The minimum atomic E-state index is -1.22. The van der Waals surface area contributed by atoms with Crippen LogP contribution in [0.4, 0.5) is 0 Å². The molecule has 0 saturated carbocycles. The Morgan fingerprint density at radius 3 is 1.68 bits per heavy atom. The van der Waals surface area contributed by atoms with Gasteiger partial charge in [0.2, 0.25) is 0 Å². The fourth-order valence-corrected chi connectivity index (χ4v) is 4.06. The zero-order chi connectivity index (χ0) is 23.3. The fourth-order valence-electron chi connectivity index (χ4n) is 4.06. The maximum Gasteiger partial charge on any atom is 0.343 e. The summed E-state index contributed by atoms with van der Waals surface area (Å²) in [6.07, 6.45) is -1.01. The number of ether oxygens (including phenoxy) is 5. The van der Waals surface area contributed by atoms with Gasteiger partial charge in [-0.05, 0) is 30.3 Å². The van der Waals surface area contributed by atoms with Crippen molar-refractivity contribution in [2.24, 2.45) is 0 Å². The Balaban J connectivity index is 1.38. The highest BCUT2D eigenvalue weighted by molar-refractivity contribution is 5.96. The Bertz CT molecular complexity index is 1220. The second-order valence-corrected chi connectivity index (χ2v) is 8.15. The number of benzene rings is 3. The van der Waals surface area contributed by atoms with Gasteiger partial charge in [-0.3, -0.25) is 0 Å². The zero-order valence-electron chi connectivity index (χ0n) is 17.8. The van der Waals surface area contributed by atoms with E-state index < -0.39 is 35.7 Å². The first kappa shape index (κ1) is 20.6. The lowest BCUT2D eigenvalue weighted by Crippen LogP contribution is -2.29. The van der Waals surface area contributed by atoms with Crippen LogP contribution >= 0.6 is 0 Å². The molecule has 2 atom stereocenters. The zero-order valence-corrected chi connectivity index (χ0v) is 17.8. The molecule has 170 valence electrons. The minimum absolute atomic E-state index is 0.363. The highest BCUT2D eigenvalue weighted by Gasteiger charge is 2.48. The van der Waals surface area contributed by atoms with Crippen molar-refractivity contribution >= 4 is 17.9 Å². The van der Waals surface area contributed by atoms with Crippen molar-refractivity contribution in [2.45, 2.75) is 17.8 Å². The maximum absolute atomic E-state index is 12.8. The van der Waals surface area contributed by atoms with Crippen LogP contribution in [0, 0.1) is 0 Å². The van der Waals surface area contributed by atoms with E-state index in [-0.39, 0.29) is 0 Å². The van der Waals surface area contributed by atoms with Gasteiger partial charge < -0.3 is 23.7 Å². The molecule has 0 aromatic heterocycles. The van der Waals surface area contributed by atoms with Gasteiger partial charge in [0.1, 0.15) is 11.5 Å². The molecule has 3 heterocycles. The van der Waals surface area contributed by atoms with Crippen LogP contribution in [0.5, 0.6) is 11.5 Å². The first-order valence-corrected chi connectivity index (χ1v) is 10.7. The molecule has 0 bridgehead atoms. The average molecular weight is 458 g/mol. The molecule has 8 heteroatoms. The molecule has 0 aliphatic carbocycles. The predicted molar refractivity (Wildman–Crippen MR) is 115 cm³/mol. The average Bonchev–Trinajstić information content (AvgIpc) is 3.77. The van der Waals surface area contributed by atoms with E-state index in [9.17, 15) is 14.4 Å². The summed E-state index contributed by atoms with van der Waals surface area (Å²) in [4.78, 5) is 36.6. The van der Waals surface area contributed by atoms with E-state index in [1.807, 2.05) is 12.1 Å². The number of hydrogen-bond donors (Lipinski definition) is 0. The van der Waals surface area contributed by atoms with E-state index in [4.69, 9.17) is 23.7 Å². The van der Waals surface area contributed by atoms with Gasteiger partial charge in [0.15, 0.2) is 17.8 Å². The molecule has 0 N–H and O–H groups in total. The van der Waals surface area contributed by atoms with Gasteiger partial charge in [0.25, 0.3) is 0 Å². The summed E-state index contributed by atoms with van der Waals surface area (Å²) in [5.41, 5.74) is 1.27. The van der Waals surface area contributed by atoms with Crippen molar-refractivity contribution in [3.63, 3.8) is 0 Å². The second kappa shape index (κ2) is 7.79. The SMILES string of the molecule is O=C1OC(c2ccc(OC(=O)C3CO3)cc2)(c2ccc(OC(=O)C3CO3)cc2)c2ccccc21. The lowest BCUT2D eigenvalue weighted by atomic mass is 9.80. The molecule has 0 amide bonds. The minimum Gasteiger partial charge on any atom is -0.441 e. The Labute approximate surface area is 193 Å². The first-order valence-electron chi connectivity index (χ1n) is 10.7. The maximum atomic E-state index is 12.8. The summed E-state index contributed by atoms with van der Waals surface area (Å²) in [6.45, 7) is 0.734. The standard InChI is InChI=1S/C26H18O8/c27-23-19-3-1-2-4-20(19)26(34-23,15-5-9-17(10-6-15)32-24(28)21-13-30-21)16-7-11-18(12-8-16)33-25(29)22-14-31-22/h1-12,21-22H,13-14H2. The lowest BCUT2D eigenvalue weighted by molar-refractivity contribution is -0.136. The number of carbonyl (C=O) groups is 3. The molecule has 2 fully saturated rings. The summed E-state index contributed by atoms with van der Waals surface area (Å²) >= 11 is 0. The summed E-state index contributed by atoms with van der Waals surface area (Å²) in [7, 11) is 0. The molecule has 3 aromatic carbocycles. The van der Waals surface area contributed by atoms with Crippen molar-refractivity contribution in [2.75, 3.05) is 13.2 Å². The Morgan fingerprint density at radius 2 is 1.21 bits per heavy atom. The van der Waals surface area contributed by atoms with Gasteiger partial charge in [-0.25, -0.2) is 14.4 Å². The highest BCUT2D eigenvalue weighted by atomic mass is 16.6. The summed E-state index contributed by atoms with van der Waals surface area (Å²) in [5.74, 6) is -0.606. The van der Waals surface area contributed by atoms with Crippen LogP contribution in [0.25, 0.3) is 0 Å². The van der Waals surface area contributed by atoms with Crippen molar-refractivity contribution in [3.05, 3.63) is 95.1 Å². The van der Waals surface area contributed by atoms with Crippen molar-refractivity contribution < 1.29 is 38.1 Å². The molecule has 3 aliphatic heterocycles. The third-order valence-electron chi connectivity index (χ3n) is 5.92. The summed E-state index contributed by atoms with van der Waals surface area (Å²) in [5, 5.41) is 0. The normalized spacial score (nSPS) is 24.1. The number of fused-ring (bicyclic) bond motifs is 1. The summed E-state index contributed by atoms with van der Waals surface area (Å²) < 4.78 is 26.6. The molecule has 2 saturated heterocycles. The molecular weight excluding hydrogens is 440 g/mol. The molecule has 3 aliphatic rings. The van der Waals surface area contributed by atoms with Crippen molar-refractivity contribution in [1.29, 1.82) is 0 Å². The Kier molecular flexibility index (Phi) is 4.72. The third kappa shape index (κ3) is 3.53. The molecule has 6 rings (SSSR count). The van der Waals surface area contributed by atoms with E-state index in [1.54, 1.807) is 60.7 Å². The molecule has 2 unspecified atom stereocenters. The van der Waals surface area contributed by atoms with Gasteiger partial charge in [-0.1, -0.05) is 42.5 Å². The fraction of sp³-hybridized carbons (Fsp3) is 0.192. The number of epoxide rings is 2. The van der Waals surface area contributed by atoms with Gasteiger partial charge in [-0.2, -0.15) is 0 Å². The molecule has 3 aromatic rings. The lowest BCUT2D eigenvalue weighted by Gasteiger charge is -2.30. The highest BCUT2D eigenvalue weighted by Crippen LogP contribution is 2.47. The monoisotopic (exact) mass is 458 g/mol. The summed E-state index contributed by atoms with van der Waals surface area (Å²) in [6, 6.07) is 20.8. The van der Waals surface area contributed by atoms with E-state index in [0.29, 0.717) is 47.0 Å². The first-order chi connectivity index (χ1) is 16.5. The Morgan fingerprint density at radius 1 is 0.735 bits per heavy atom. The van der Waals surface area contributed by atoms with E-state index in [2.05, 4.69) is 0 Å². The van der Waals surface area contributed by atoms with Crippen LogP contribution in [0.15, 0.2) is 72.8 Å². The molecule has 8 nitrogen and oxygen atoms in total. The number of cyclic esters (lactones) is 1. The van der Waals surface area contributed by atoms with E-state index >= 15 is 0 Å². The molecule has 0 spiro atoms. The predicted octanol–water partition coefficient (Wildman–Crippen LogP) is 2.76. The topological polar surface area (TPSA) is 104 Å². The number of carbonyl (C=O) groups excluding carboxylic acids is 3. The van der Waals surface area contributed by atoms with Gasteiger partial charge in [-0.15, -0.1) is 0 Å². The van der Waals surface area contributed by atoms with Crippen LogP contribution in [0.3, 0.4) is 0 Å². The van der Waals surface area contributed by atoms with Gasteiger partial charge in [0.05, 0.1) is 18.8 Å². The van der Waals surface area contributed by atoms with E-state index in [1.165, 1.54) is 0 Å². The molecule has 34 heavy (non-hydrogen) atoms. The number of esters is 3.